The van der Waals surface area contributed by atoms with Gasteiger partial charge in [-0.05, 0) is 43.5 Å². The number of hydrogen-bond acceptors (Lipinski definition) is 3. The zero-order valence-corrected chi connectivity index (χ0v) is 10.9. The topological polar surface area (TPSA) is 64.3 Å². The Morgan fingerprint density at radius 1 is 1.39 bits per heavy atom. The van der Waals surface area contributed by atoms with Crippen molar-refractivity contribution in [2.24, 2.45) is 5.73 Å². The van der Waals surface area contributed by atoms with Gasteiger partial charge < -0.3 is 15.8 Å². The molecule has 0 saturated heterocycles. The zero-order valence-electron chi connectivity index (χ0n) is 10.9. The summed E-state index contributed by atoms with van der Waals surface area (Å²) in [6, 6.07) is 8.00. The van der Waals surface area contributed by atoms with Crippen molar-refractivity contribution in [2.45, 2.75) is 25.7 Å². The second-order valence-corrected chi connectivity index (χ2v) is 4.20. The number of amides is 1. The van der Waals surface area contributed by atoms with E-state index in [0.717, 1.165) is 25.0 Å². The highest BCUT2D eigenvalue weighted by Gasteiger charge is 2.00. The predicted octanol–water partition coefficient (Wildman–Crippen LogP) is 1.48. The molecule has 0 spiro atoms. The molecule has 0 aromatic heterocycles. The molecule has 0 heterocycles. The molecular formula is C14H22N2O2. The summed E-state index contributed by atoms with van der Waals surface area (Å²) in [5, 5.41) is 2.89. The van der Waals surface area contributed by atoms with Gasteiger partial charge in [-0.15, -0.1) is 0 Å². The van der Waals surface area contributed by atoms with E-state index in [2.05, 4.69) is 11.4 Å². The Kier molecular flexibility index (Phi) is 6.87. The molecule has 0 radical (unpaired) electrons. The minimum Gasteiger partial charge on any atom is -0.497 e. The number of ether oxygens (including phenoxy) is 1. The van der Waals surface area contributed by atoms with Crippen LogP contribution >= 0.6 is 0 Å². The number of methoxy groups -OCH3 is 1. The van der Waals surface area contributed by atoms with Crippen LogP contribution in [0.1, 0.15) is 24.8 Å². The predicted molar refractivity (Wildman–Crippen MR) is 72.6 cm³/mol. The van der Waals surface area contributed by atoms with Crippen LogP contribution in [0.3, 0.4) is 0 Å². The van der Waals surface area contributed by atoms with Crippen molar-refractivity contribution in [3.05, 3.63) is 29.8 Å². The lowest BCUT2D eigenvalue weighted by atomic mass is 10.1. The molecule has 4 heteroatoms. The van der Waals surface area contributed by atoms with Crippen LogP contribution in [-0.2, 0) is 11.2 Å². The van der Waals surface area contributed by atoms with Crippen molar-refractivity contribution in [2.75, 3.05) is 20.2 Å². The van der Waals surface area contributed by atoms with E-state index in [1.54, 1.807) is 7.11 Å². The van der Waals surface area contributed by atoms with Crippen molar-refractivity contribution in [1.82, 2.24) is 5.32 Å². The first-order chi connectivity index (χ1) is 8.76. The van der Waals surface area contributed by atoms with Gasteiger partial charge in [-0.1, -0.05) is 12.1 Å². The number of benzene rings is 1. The molecule has 0 unspecified atom stereocenters. The molecular weight excluding hydrogens is 228 g/mol. The van der Waals surface area contributed by atoms with Crippen molar-refractivity contribution in [3.63, 3.8) is 0 Å². The van der Waals surface area contributed by atoms with Gasteiger partial charge in [0.2, 0.25) is 5.91 Å². The Bertz CT molecular complexity index is 367. The van der Waals surface area contributed by atoms with E-state index in [-0.39, 0.29) is 5.91 Å². The summed E-state index contributed by atoms with van der Waals surface area (Å²) in [7, 11) is 1.66. The zero-order chi connectivity index (χ0) is 13.2. The van der Waals surface area contributed by atoms with Gasteiger partial charge >= 0.3 is 0 Å². The second kappa shape index (κ2) is 8.53. The standard InChI is InChI=1S/C14H22N2O2/c1-18-13-7-2-5-12(11-13)6-4-10-16-14(17)8-3-9-15/h2,5,7,11H,3-4,6,8-10,15H2,1H3,(H,16,17). The SMILES string of the molecule is COc1cccc(CCCNC(=O)CCCN)c1. The summed E-state index contributed by atoms with van der Waals surface area (Å²) < 4.78 is 5.16. The van der Waals surface area contributed by atoms with Gasteiger partial charge in [0, 0.05) is 13.0 Å². The first kappa shape index (κ1) is 14.5. The minimum atomic E-state index is 0.0890. The van der Waals surface area contributed by atoms with Crippen LogP contribution in [0.2, 0.25) is 0 Å². The van der Waals surface area contributed by atoms with Gasteiger partial charge in [0.05, 0.1) is 7.11 Å². The van der Waals surface area contributed by atoms with Gasteiger partial charge in [-0.2, -0.15) is 0 Å². The number of hydrogen-bond donors (Lipinski definition) is 2. The van der Waals surface area contributed by atoms with Crippen LogP contribution in [-0.4, -0.2) is 26.1 Å². The van der Waals surface area contributed by atoms with Crippen LogP contribution in [0.15, 0.2) is 24.3 Å². The monoisotopic (exact) mass is 250 g/mol. The molecule has 0 aliphatic rings. The summed E-state index contributed by atoms with van der Waals surface area (Å²) in [6.07, 6.45) is 3.15. The van der Waals surface area contributed by atoms with Crippen LogP contribution in [0.5, 0.6) is 5.75 Å². The van der Waals surface area contributed by atoms with Crippen LogP contribution in [0.4, 0.5) is 0 Å². The lowest BCUT2D eigenvalue weighted by Crippen LogP contribution is -2.25. The third kappa shape index (κ3) is 5.68. The minimum absolute atomic E-state index is 0.0890. The molecule has 18 heavy (non-hydrogen) atoms. The number of carbonyl (C=O) groups is 1. The van der Waals surface area contributed by atoms with E-state index in [1.807, 2.05) is 18.2 Å². The second-order valence-electron chi connectivity index (χ2n) is 4.20. The van der Waals surface area contributed by atoms with Crippen molar-refractivity contribution >= 4 is 5.91 Å². The molecule has 0 aliphatic carbocycles. The summed E-state index contributed by atoms with van der Waals surface area (Å²) in [6.45, 7) is 1.28. The van der Waals surface area contributed by atoms with E-state index in [9.17, 15) is 4.79 Å². The Labute approximate surface area is 109 Å². The molecule has 4 nitrogen and oxygen atoms in total. The van der Waals surface area contributed by atoms with Crippen molar-refractivity contribution in [1.29, 1.82) is 0 Å². The first-order valence-corrected chi connectivity index (χ1v) is 6.36. The van der Waals surface area contributed by atoms with Gasteiger partial charge in [0.15, 0.2) is 0 Å². The maximum atomic E-state index is 11.3. The van der Waals surface area contributed by atoms with E-state index in [1.165, 1.54) is 5.56 Å². The molecule has 3 N–H and O–H groups in total. The number of aryl methyl sites for hydroxylation is 1. The fourth-order valence-corrected chi connectivity index (χ4v) is 1.70. The number of carbonyl (C=O) groups excluding carboxylic acids is 1. The summed E-state index contributed by atoms with van der Waals surface area (Å²) in [4.78, 5) is 11.3. The number of rotatable bonds is 8. The van der Waals surface area contributed by atoms with E-state index < -0.39 is 0 Å². The fraction of sp³-hybridized carbons (Fsp3) is 0.500. The number of nitrogens with two attached hydrogens (primary N) is 1. The molecule has 0 atom stereocenters. The third-order valence-corrected chi connectivity index (χ3v) is 2.71. The maximum Gasteiger partial charge on any atom is 0.220 e. The summed E-state index contributed by atoms with van der Waals surface area (Å²) in [5.41, 5.74) is 6.57. The third-order valence-electron chi connectivity index (χ3n) is 2.71. The highest BCUT2D eigenvalue weighted by Crippen LogP contribution is 2.13. The van der Waals surface area contributed by atoms with E-state index >= 15 is 0 Å². The molecule has 0 aliphatic heterocycles. The van der Waals surface area contributed by atoms with Crippen LogP contribution < -0.4 is 15.8 Å². The Morgan fingerprint density at radius 3 is 2.94 bits per heavy atom. The van der Waals surface area contributed by atoms with Gasteiger partial charge in [-0.25, -0.2) is 0 Å². The summed E-state index contributed by atoms with van der Waals surface area (Å²) >= 11 is 0. The highest BCUT2D eigenvalue weighted by molar-refractivity contribution is 5.75. The highest BCUT2D eigenvalue weighted by atomic mass is 16.5. The van der Waals surface area contributed by atoms with Crippen LogP contribution in [0, 0.1) is 0 Å². The lowest BCUT2D eigenvalue weighted by molar-refractivity contribution is -0.121. The van der Waals surface area contributed by atoms with Gasteiger partial charge in [-0.3, -0.25) is 4.79 Å². The normalized spacial score (nSPS) is 10.1. The lowest BCUT2D eigenvalue weighted by Gasteiger charge is -2.06. The van der Waals surface area contributed by atoms with Crippen LogP contribution in [0.25, 0.3) is 0 Å². The van der Waals surface area contributed by atoms with Gasteiger partial charge in [0.25, 0.3) is 0 Å². The Hall–Kier alpha value is -1.55. The molecule has 100 valence electrons. The Morgan fingerprint density at radius 2 is 2.22 bits per heavy atom. The quantitative estimate of drug-likeness (QED) is 0.687. The van der Waals surface area contributed by atoms with Crippen molar-refractivity contribution < 1.29 is 9.53 Å². The fourth-order valence-electron chi connectivity index (χ4n) is 1.70. The molecule has 1 aromatic rings. The molecule has 0 fully saturated rings. The molecule has 0 saturated carbocycles. The number of nitrogens with one attached hydrogen (secondary N) is 1. The smallest absolute Gasteiger partial charge is 0.220 e. The average molecular weight is 250 g/mol. The first-order valence-electron chi connectivity index (χ1n) is 6.36. The molecule has 0 bridgehead atoms. The largest absolute Gasteiger partial charge is 0.497 e. The summed E-state index contributed by atoms with van der Waals surface area (Å²) in [5.74, 6) is 0.963. The van der Waals surface area contributed by atoms with E-state index in [4.69, 9.17) is 10.5 Å². The molecule has 1 rings (SSSR count). The Balaban J connectivity index is 2.19. The maximum absolute atomic E-state index is 11.3. The molecule has 1 amide bonds. The van der Waals surface area contributed by atoms with Crippen molar-refractivity contribution in [3.8, 4) is 5.75 Å². The average Bonchev–Trinajstić information content (AvgIpc) is 2.41. The molecule has 1 aromatic carbocycles. The van der Waals surface area contributed by atoms with E-state index in [0.29, 0.717) is 19.5 Å². The van der Waals surface area contributed by atoms with Gasteiger partial charge in [0.1, 0.15) is 5.75 Å².